The van der Waals surface area contributed by atoms with Gasteiger partial charge in [0, 0.05) is 24.7 Å². The highest BCUT2D eigenvalue weighted by atomic mass is 16.5. The lowest BCUT2D eigenvalue weighted by Gasteiger charge is -2.30. The van der Waals surface area contributed by atoms with E-state index in [1.165, 1.54) is 0 Å². The molecule has 5 heteroatoms. The molecule has 1 amide bonds. The molecular formula is C16H21N3O2. The van der Waals surface area contributed by atoms with Gasteiger partial charge in [-0.05, 0) is 18.9 Å². The molecule has 2 rings (SSSR count). The lowest BCUT2D eigenvalue weighted by Crippen LogP contribution is -2.45. The standard InChI is InChI=1S/C16H21N3O2/c1-21-15-5-3-2-4-13(15)12-16(20)18-14-6-9-19(10-7-14)11-8-17/h2-5,14H,6-7,9-12H2,1H3,(H,18,20). The van der Waals surface area contributed by atoms with Crippen LogP contribution in [0.4, 0.5) is 0 Å². The first kappa shape index (κ1) is 15.3. The van der Waals surface area contributed by atoms with Crippen LogP contribution in [0.15, 0.2) is 24.3 Å². The van der Waals surface area contributed by atoms with Crippen molar-refractivity contribution in [1.29, 1.82) is 5.26 Å². The lowest BCUT2D eigenvalue weighted by atomic mass is 10.0. The van der Waals surface area contributed by atoms with Gasteiger partial charge >= 0.3 is 0 Å². The van der Waals surface area contributed by atoms with Crippen molar-refractivity contribution in [1.82, 2.24) is 10.2 Å². The number of para-hydroxylation sites is 1. The van der Waals surface area contributed by atoms with Gasteiger partial charge in [-0.15, -0.1) is 0 Å². The SMILES string of the molecule is COc1ccccc1CC(=O)NC1CCN(CC#N)CC1. The molecule has 5 nitrogen and oxygen atoms in total. The van der Waals surface area contributed by atoms with Crippen LogP contribution in [0, 0.1) is 11.3 Å². The highest BCUT2D eigenvalue weighted by Gasteiger charge is 2.20. The number of carbonyl (C=O) groups excluding carboxylic acids is 1. The quantitative estimate of drug-likeness (QED) is 0.830. The van der Waals surface area contributed by atoms with Crippen molar-refractivity contribution in [2.45, 2.75) is 25.3 Å². The van der Waals surface area contributed by atoms with E-state index < -0.39 is 0 Å². The molecule has 0 atom stereocenters. The average molecular weight is 287 g/mol. The molecule has 1 aromatic carbocycles. The molecule has 1 aliphatic rings. The fraction of sp³-hybridized carbons (Fsp3) is 0.500. The van der Waals surface area contributed by atoms with Gasteiger partial charge in [-0.3, -0.25) is 9.69 Å². The molecule has 0 aromatic heterocycles. The molecule has 1 fully saturated rings. The number of nitrogens with zero attached hydrogens (tertiary/aromatic N) is 2. The Balaban J connectivity index is 1.82. The van der Waals surface area contributed by atoms with Gasteiger partial charge in [0.25, 0.3) is 0 Å². The molecule has 0 saturated carbocycles. The van der Waals surface area contributed by atoms with Crippen molar-refractivity contribution in [3.8, 4) is 11.8 Å². The van der Waals surface area contributed by atoms with Gasteiger partial charge in [0.1, 0.15) is 5.75 Å². The first-order valence-corrected chi connectivity index (χ1v) is 7.23. The van der Waals surface area contributed by atoms with Gasteiger partial charge in [-0.2, -0.15) is 5.26 Å². The van der Waals surface area contributed by atoms with Gasteiger partial charge in [0.2, 0.25) is 5.91 Å². The molecule has 0 radical (unpaired) electrons. The van der Waals surface area contributed by atoms with Crippen LogP contribution < -0.4 is 10.1 Å². The van der Waals surface area contributed by atoms with Crippen LogP contribution in [0.1, 0.15) is 18.4 Å². The lowest BCUT2D eigenvalue weighted by molar-refractivity contribution is -0.121. The van der Waals surface area contributed by atoms with Crippen molar-refractivity contribution >= 4 is 5.91 Å². The summed E-state index contributed by atoms with van der Waals surface area (Å²) in [6.45, 7) is 2.21. The predicted octanol–water partition coefficient (Wildman–Crippen LogP) is 1.34. The minimum absolute atomic E-state index is 0.0261. The molecule has 0 bridgehead atoms. The predicted molar refractivity (Wildman–Crippen MR) is 79.9 cm³/mol. The highest BCUT2D eigenvalue weighted by molar-refractivity contribution is 5.79. The molecule has 0 unspecified atom stereocenters. The van der Waals surface area contributed by atoms with Crippen LogP contribution in [0.25, 0.3) is 0 Å². The third kappa shape index (κ3) is 4.47. The Kier molecular flexibility index (Phi) is 5.59. The Hall–Kier alpha value is -2.06. The van der Waals surface area contributed by atoms with Crippen molar-refractivity contribution in [3.63, 3.8) is 0 Å². The highest BCUT2D eigenvalue weighted by Crippen LogP contribution is 2.18. The molecule has 112 valence electrons. The van der Waals surface area contributed by atoms with E-state index in [0.717, 1.165) is 37.2 Å². The summed E-state index contributed by atoms with van der Waals surface area (Å²) in [7, 11) is 1.61. The Morgan fingerprint density at radius 3 is 2.81 bits per heavy atom. The second-order valence-corrected chi connectivity index (χ2v) is 5.26. The van der Waals surface area contributed by atoms with Crippen LogP contribution in [0.2, 0.25) is 0 Å². The molecule has 1 aromatic rings. The zero-order valence-electron chi connectivity index (χ0n) is 12.3. The molecule has 1 aliphatic heterocycles. The number of piperidine rings is 1. The molecular weight excluding hydrogens is 266 g/mol. The second kappa shape index (κ2) is 7.65. The fourth-order valence-electron chi connectivity index (χ4n) is 2.64. The number of hydrogen-bond donors (Lipinski definition) is 1. The number of methoxy groups -OCH3 is 1. The number of nitrogens with one attached hydrogen (secondary N) is 1. The largest absolute Gasteiger partial charge is 0.496 e. The zero-order chi connectivity index (χ0) is 15.1. The number of likely N-dealkylation sites (tertiary alicyclic amines) is 1. The van der Waals surface area contributed by atoms with E-state index in [1.807, 2.05) is 24.3 Å². The molecule has 0 aliphatic carbocycles. The Morgan fingerprint density at radius 2 is 2.14 bits per heavy atom. The number of rotatable bonds is 5. The summed E-state index contributed by atoms with van der Waals surface area (Å²) in [5, 5.41) is 11.7. The van der Waals surface area contributed by atoms with Crippen molar-refractivity contribution in [2.24, 2.45) is 0 Å². The number of ether oxygens (including phenoxy) is 1. The Bertz CT molecular complexity index is 516. The summed E-state index contributed by atoms with van der Waals surface area (Å²) in [6.07, 6.45) is 2.14. The van der Waals surface area contributed by atoms with Crippen molar-refractivity contribution < 1.29 is 9.53 Å². The normalized spacial score (nSPS) is 16.2. The molecule has 0 spiro atoms. The summed E-state index contributed by atoms with van der Waals surface area (Å²) >= 11 is 0. The van der Waals surface area contributed by atoms with Crippen molar-refractivity contribution in [2.75, 3.05) is 26.7 Å². The van der Waals surface area contributed by atoms with E-state index in [4.69, 9.17) is 10.00 Å². The van der Waals surface area contributed by atoms with E-state index in [9.17, 15) is 4.79 Å². The topological polar surface area (TPSA) is 65.4 Å². The van der Waals surface area contributed by atoms with Crippen LogP contribution in [0.3, 0.4) is 0 Å². The van der Waals surface area contributed by atoms with E-state index in [2.05, 4.69) is 16.3 Å². The summed E-state index contributed by atoms with van der Waals surface area (Å²) in [5.41, 5.74) is 0.902. The van der Waals surface area contributed by atoms with Gasteiger partial charge in [0.05, 0.1) is 26.1 Å². The van der Waals surface area contributed by atoms with E-state index >= 15 is 0 Å². The second-order valence-electron chi connectivity index (χ2n) is 5.26. The first-order chi connectivity index (χ1) is 10.2. The summed E-state index contributed by atoms with van der Waals surface area (Å²) in [4.78, 5) is 14.2. The molecule has 1 saturated heterocycles. The third-order valence-electron chi connectivity index (χ3n) is 3.79. The minimum Gasteiger partial charge on any atom is -0.496 e. The maximum atomic E-state index is 12.1. The van der Waals surface area contributed by atoms with Gasteiger partial charge in [0.15, 0.2) is 0 Å². The smallest absolute Gasteiger partial charge is 0.224 e. The summed E-state index contributed by atoms with van der Waals surface area (Å²) < 4.78 is 5.26. The van der Waals surface area contributed by atoms with Crippen LogP contribution >= 0.6 is 0 Å². The minimum atomic E-state index is 0.0261. The summed E-state index contributed by atoms with van der Waals surface area (Å²) in [5.74, 6) is 0.773. The Morgan fingerprint density at radius 1 is 1.43 bits per heavy atom. The Labute approximate surface area is 125 Å². The summed E-state index contributed by atoms with van der Waals surface area (Å²) in [6, 6.07) is 9.95. The van der Waals surface area contributed by atoms with Crippen LogP contribution in [-0.2, 0) is 11.2 Å². The zero-order valence-corrected chi connectivity index (χ0v) is 12.3. The van der Waals surface area contributed by atoms with Crippen LogP contribution in [-0.4, -0.2) is 43.6 Å². The van der Waals surface area contributed by atoms with E-state index in [0.29, 0.717) is 13.0 Å². The first-order valence-electron chi connectivity index (χ1n) is 7.23. The number of benzene rings is 1. The molecule has 21 heavy (non-hydrogen) atoms. The van der Waals surface area contributed by atoms with E-state index in [-0.39, 0.29) is 11.9 Å². The molecule has 1 N–H and O–H groups in total. The third-order valence-corrected chi connectivity index (χ3v) is 3.79. The maximum absolute atomic E-state index is 12.1. The van der Waals surface area contributed by atoms with E-state index in [1.54, 1.807) is 7.11 Å². The number of nitriles is 1. The van der Waals surface area contributed by atoms with Gasteiger partial charge in [-0.1, -0.05) is 18.2 Å². The fourth-order valence-corrected chi connectivity index (χ4v) is 2.64. The van der Waals surface area contributed by atoms with Gasteiger partial charge < -0.3 is 10.1 Å². The number of carbonyl (C=O) groups is 1. The van der Waals surface area contributed by atoms with Crippen molar-refractivity contribution in [3.05, 3.63) is 29.8 Å². The number of amides is 1. The van der Waals surface area contributed by atoms with Gasteiger partial charge in [-0.25, -0.2) is 0 Å². The van der Waals surface area contributed by atoms with Crippen LogP contribution in [0.5, 0.6) is 5.75 Å². The monoisotopic (exact) mass is 287 g/mol. The molecule has 1 heterocycles. The average Bonchev–Trinajstić information content (AvgIpc) is 2.50. The number of hydrogen-bond acceptors (Lipinski definition) is 4. The maximum Gasteiger partial charge on any atom is 0.224 e.